The minimum atomic E-state index is -3.51. The van der Waals surface area contributed by atoms with Gasteiger partial charge in [-0.3, -0.25) is 4.68 Å². The molecule has 8 heteroatoms. The Morgan fingerprint density at radius 1 is 1.45 bits per heavy atom. The predicted octanol–water partition coefficient (Wildman–Crippen LogP) is -0.410. The van der Waals surface area contributed by atoms with Gasteiger partial charge in [0.1, 0.15) is 4.90 Å². The number of likely N-dealkylation sites (N-methyl/N-ethyl adjacent to an activating group) is 1. The van der Waals surface area contributed by atoms with Crippen molar-refractivity contribution in [3.63, 3.8) is 0 Å². The summed E-state index contributed by atoms with van der Waals surface area (Å²) >= 11 is 0. The minimum absolute atomic E-state index is 0.0614. The number of hydrogen-bond donors (Lipinski definition) is 1. The second-order valence-electron chi connectivity index (χ2n) is 5.24. The van der Waals surface area contributed by atoms with Crippen LogP contribution in [0.2, 0.25) is 0 Å². The Hall–Kier alpha value is -0.960. The fraction of sp³-hybridized carbons (Fsp3) is 0.750. The van der Waals surface area contributed by atoms with Crippen molar-refractivity contribution in [3.05, 3.63) is 12.4 Å². The Balaban J connectivity index is 2.23. The quantitative estimate of drug-likeness (QED) is 0.818. The van der Waals surface area contributed by atoms with Gasteiger partial charge in [0.15, 0.2) is 0 Å². The van der Waals surface area contributed by atoms with Crippen LogP contribution >= 0.6 is 0 Å². The Bertz CT molecular complexity index is 543. The van der Waals surface area contributed by atoms with Crippen LogP contribution in [-0.4, -0.2) is 71.8 Å². The third kappa shape index (κ3) is 3.20. The zero-order valence-corrected chi connectivity index (χ0v) is 12.8. The molecule has 1 aromatic heterocycles. The summed E-state index contributed by atoms with van der Waals surface area (Å²) in [5.74, 6) is 0. The van der Waals surface area contributed by atoms with Crippen LogP contribution in [0.25, 0.3) is 0 Å². The van der Waals surface area contributed by atoms with Crippen LogP contribution in [0.1, 0.15) is 13.3 Å². The van der Waals surface area contributed by atoms with Gasteiger partial charge in [0, 0.05) is 25.3 Å². The molecule has 114 valence electrons. The molecule has 0 radical (unpaired) electrons. The Morgan fingerprint density at radius 2 is 2.20 bits per heavy atom. The lowest BCUT2D eigenvalue weighted by Gasteiger charge is -2.26. The van der Waals surface area contributed by atoms with Gasteiger partial charge in [-0.1, -0.05) is 0 Å². The summed E-state index contributed by atoms with van der Waals surface area (Å²) in [4.78, 5) is 2.34. The third-order valence-electron chi connectivity index (χ3n) is 3.53. The molecule has 0 saturated carbocycles. The lowest BCUT2D eigenvalue weighted by Crippen LogP contribution is -2.41. The first kappa shape index (κ1) is 15.4. The molecule has 1 atom stereocenters. The second kappa shape index (κ2) is 6.21. The molecule has 0 aliphatic carbocycles. The lowest BCUT2D eigenvalue weighted by atomic mass is 10.3. The van der Waals surface area contributed by atoms with Gasteiger partial charge in [0.05, 0.1) is 19.3 Å². The van der Waals surface area contributed by atoms with Gasteiger partial charge in [-0.15, -0.1) is 0 Å². The summed E-state index contributed by atoms with van der Waals surface area (Å²) < 4.78 is 28.3. The number of nitrogens with zero attached hydrogens (tertiary/aromatic N) is 4. The molecule has 1 fully saturated rings. The van der Waals surface area contributed by atoms with Crippen LogP contribution in [0.15, 0.2) is 17.3 Å². The number of sulfonamides is 1. The number of aromatic nitrogens is 2. The van der Waals surface area contributed by atoms with E-state index in [1.165, 1.54) is 17.1 Å². The maximum absolute atomic E-state index is 12.7. The number of hydrogen-bond acceptors (Lipinski definition) is 5. The summed E-state index contributed by atoms with van der Waals surface area (Å²) in [6.07, 6.45) is 3.66. The van der Waals surface area contributed by atoms with Crippen LogP contribution in [0.3, 0.4) is 0 Å². The summed E-state index contributed by atoms with van der Waals surface area (Å²) in [6.45, 7) is 4.32. The van der Waals surface area contributed by atoms with Crippen LogP contribution in [0, 0.1) is 0 Å². The van der Waals surface area contributed by atoms with Crippen molar-refractivity contribution in [1.82, 2.24) is 19.0 Å². The van der Waals surface area contributed by atoms with E-state index in [9.17, 15) is 8.42 Å². The molecule has 1 aliphatic rings. The van der Waals surface area contributed by atoms with Gasteiger partial charge in [-0.2, -0.15) is 9.40 Å². The van der Waals surface area contributed by atoms with Crippen molar-refractivity contribution in [3.8, 4) is 0 Å². The van der Waals surface area contributed by atoms with Gasteiger partial charge >= 0.3 is 0 Å². The maximum atomic E-state index is 12.7. The number of aliphatic hydroxyl groups excluding tert-OH is 1. The highest BCUT2D eigenvalue weighted by Crippen LogP contribution is 2.20. The zero-order valence-electron chi connectivity index (χ0n) is 11.9. The van der Waals surface area contributed by atoms with Crippen LogP contribution in [0.5, 0.6) is 0 Å². The first-order chi connectivity index (χ1) is 9.45. The first-order valence-corrected chi connectivity index (χ1v) is 8.23. The van der Waals surface area contributed by atoms with E-state index < -0.39 is 10.0 Å². The van der Waals surface area contributed by atoms with Crippen molar-refractivity contribution in [2.24, 2.45) is 0 Å². The minimum Gasteiger partial charge on any atom is -0.394 e. The Labute approximate surface area is 119 Å². The lowest BCUT2D eigenvalue weighted by molar-refractivity contribution is 0.269. The van der Waals surface area contributed by atoms with E-state index in [0.717, 1.165) is 19.5 Å². The molecule has 0 amide bonds. The van der Waals surface area contributed by atoms with Crippen LogP contribution < -0.4 is 0 Å². The molecule has 1 N–H and O–H groups in total. The van der Waals surface area contributed by atoms with E-state index in [1.54, 1.807) is 4.31 Å². The molecule has 7 nitrogen and oxygen atoms in total. The normalized spacial score (nSPS) is 22.9. The van der Waals surface area contributed by atoms with Crippen molar-refractivity contribution in [2.75, 3.05) is 33.3 Å². The monoisotopic (exact) mass is 302 g/mol. The highest BCUT2D eigenvalue weighted by molar-refractivity contribution is 7.89. The standard InChI is InChI=1S/C12H22N4O3S/c1-11-9-14(2)4-3-5-16(11)20(18,19)12-8-13-15(10-12)6-7-17/h8,10-11,17H,3-7,9H2,1-2H3. The zero-order chi connectivity index (χ0) is 14.8. The molecule has 0 aromatic carbocycles. The molecular weight excluding hydrogens is 280 g/mol. The largest absolute Gasteiger partial charge is 0.394 e. The number of aliphatic hydroxyl groups is 1. The molecule has 2 rings (SSSR count). The smallest absolute Gasteiger partial charge is 0.246 e. The summed E-state index contributed by atoms with van der Waals surface area (Å²) in [7, 11) is -1.51. The topological polar surface area (TPSA) is 78.7 Å². The molecule has 0 spiro atoms. The molecule has 1 aromatic rings. The Kier molecular flexibility index (Phi) is 4.79. The van der Waals surface area contributed by atoms with Crippen molar-refractivity contribution < 1.29 is 13.5 Å². The van der Waals surface area contributed by atoms with Crippen molar-refractivity contribution in [1.29, 1.82) is 0 Å². The summed E-state index contributed by atoms with van der Waals surface area (Å²) in [6, 6.07) is -0.0614. The molecule has 2 heterocycles. The van der Waals surface area contributed by atoms with E-state index >= 15 is 0 Å². The van der Waals surface area contributed by atoms with Gasteiger partial charge in [-0.25, -0.2) is 8.42 Å². The maximum Gasteiger partial charge on any atom is 0.246 e. The molecule has 1 unspecified atom stereocenters. The van der Waals surface area contributed by atoms with Crippen molar-refractivity contribution in [2.45, 2.75) is 30.8 Å². The van der Waals surface area contributed by atoms with Gasteiger partial charge < -0.3 is 10.0 Å². The summed E-state index contributed by atoms with van der Waals surface area (Å²) in [5.41, 5.74) is 0. The van der Waals surface area contributed by atoms with E-state index in [0.29, 0.717) is 13.1 Å². The van der Waals surface area contributed by atoms with Crippen LogP contribution in [0.4, 0.5) is 0 Å². The predicted molar refractivity (Wildman–Crippen MR) is 74.8 cm³/mol. The average molecular weight is 302 g/mol. The van der Waals surface area contributed by atoms with E-state index in [1.807, 2.05) is 14.0 Å². The highest BCUT2D eigenvalue weighted by Gasteiger charge is 2.32. The average Bonchev–Trinajstić information content (AvgIpc) is 2.76. The molecule has 1 aliphatic heterocycles. The first-order valence-electron chi connectivity index (χ1n) is 6.79. The Morgan fingerprint density at radius 3 is 2.90 bits per heavy atom. The second-order valence-corrected chi connectivity index (χ2v) is 7.13. The van der Waals surface area contributed by atoms with Gasteiger partial charge in [0.25, 0.3) is 0 Å². The third-order valence-corrected chi connectivity index (χ3v) is 5.50. The summed E-state index contributed by atoms with van der Waals surface area (Å²) in [5, 5.41) is 12.8. The molecule has 20 heavy (non-hydrogen) atoms. The van der Waals surface area contributed by atoms with Crippen LogP contribution in [-0.2, 0) is 16.6 Å². The molecular formula is C12H22N4O3S. The highest BCUT2D eigenvalue weighted by atomic mass is 32.2. The van der Waals surface area contributed by atoms with Gasteiger partial charge in [-0.05, 0) is 26.9 Å². The van der Waals surface area contributed by atoms with Gasteiger partial charge in [0.2, 0.25) is 10.0 Å². The molecule has 1 saturated heterocycles. The van der Waals surface area contributed by atoms with Crippen molar-refractivity contribution >= 4 is 10.0 Å². The number of rotatable bonds is 4. The van der Waals surface area contributed by atoms with E-state index in [4.69, 9.17) is 5.11 Å². The van der Waals surface area contributed by atoms with E-state index in [-0.39, 0.29) is 17.5 Å². The fourth-order valence-electron chi connectivity index (χ4n) is 2.55. The fourth-order valence-corrected chi connectivity index (χ4v) is 4.16. The molecule has 0 bridgehead atoms. The SMILES string of the molecule is CC1CN(C)CCCN1S(=O)(=O)c1cnn(CCO)c1. The van der Waals surface area contributed by atoms with E-state index in [2.05, 4.69) is 10.00 Å².